The number of ether oxygens (including phenoxy) is 1. The van der Waals surface area contributed by atoms with Crippen molar-refractivity contribution in [3.8, 4) is 0 Å². The molecule has 0 aliphatic carbocycles. The van der Waals surface area contributed by atoms with Crippen LogP contribution in [0.25, 0.3) is 0 Å². The largest absolute Gasteiger partial charge is 0.444 e. The summed E-state index contributed by atoms with van der Waals surface area (Å²) in [6.07, 6.45) is -5.11. The molecule has 0 saturated carbocycles. The van der Waals surface area contributed by atoms with Crippen LogP contribution in [0, 0.1) is 11.6 Å². The van der Waals surface area contributed by atoms with Gasteiger partial charge in [-0.1, -0.05) is 0 Å². The highest BCUT2D eigenvalue weighted by Crippen LogP contribution is 2.40. The monoisotopic (exact) mass is 365 g/mol. The van der Waals surface area contributed by atoms with Gasteiger partial charge in [-0.05, 0) is 51.2 Å². The number of benzene rings is 1. The van der Waals surface area contributed by atoms with Gasteiger partial charge in [-0.2, -0.15) is 13.2 Å². The number of alkyl halides is 3. The fourth-order valence-electron chi connectivity index (χ4n) is 2.91. The van der Waals surface area contributed by atoms with Crippen LogP contribution in [0.1, 0.15) is 50.7 Å². The van der Waals surface area contributed by atoms with Crippen LogP contribution < -0.4 is 0 Å². The van der Waals surface area contributed by atoms with Crippen molar-refractivity contribution in [2.75, 3.05) is 13.1 Å². The van der Waals surface area contributed by atoms with Crippen molar-refractivity contribution in [3.63, 3.8) is 0 Å². The van der Waals surface area contributed by atoms with Crippen LogP contribution in [-0.2, 0) is 10.9 Å². The minimum Gasteiger partial charge on any atom is -0.444 e. The number of amides is 1. The fraction of sp³-hybridized carbons (Fsp3) is 0.588. The molecule has 25 heavy (non-hydrogen) atoms. The van der Waals surface area contributed by atoms with Crippen LogP contribution in [0.15, 0.2) is 12.1 Å². The number of rotatable bonds is 1. The average Bonchev–Trinajstić information content (AvgIpc) is 2.43. The van der Waals surface area contributed by atoms with Crippen LogP contribution >= 0.6 is 0 Å². The molecule has 2 rings (SSSR count). The second-order valence-corrected chi connectivity index (χ2v) is 7.09. The Hall–Kier alpha value is -1.86. The molecular weight excluding hydrogens is 345 g/mol. The normalized spacial score (nSPS) is 16.9. The van der Waals surface area contributed by atoms with Crippen molar-refractivity contribution >= 4 is 6.09 Å². The number of hydrogen-bond acceptors (Lipinski definition) is 2. The first kappa shape index (κ1) is 19.5. The number of piperidine rings is 1. The summed E-state index contributed by atoms with van der Waals surface area (Å²) >= 11 is 0. The van der Waals surface area contributed by atoms with Gasteiger partial charge in [-0.25, -0.2) is 13.6 Å². The number of carbonyl (C=O) groups excluding carboxylic acids is 1. The molecule has 0 aromatic heterocycles. The molecule has 1 aliphatic heterocycles. The van der Waals surface area contributed by atoms with Gasteiger partial charge in [-0.15, -0.1) is 0 Å². The van der Waals surface area contributed by atoms with Crippen molar-refractivity contribution in [3.05, 3.63) is 34.9 Å². The maximum absolute atomic E-state index is 13.7. The predicted octanol–water partition coefficient (Wildman–Crippen LogP) is 5.10. The van der Waals surface area contributed by atoms with Crippen molar-refractivity contribution in [2.24, 2.45) is 0 Å². The lowest BCUT2D eigenvalue weighted by Crippen LogP contribution is -2.41. The molecule has 1 aromatic rings. The summed E-state index contributed by atoms with van der Waals surface area (Å²) in [5.41, 5.74) is -2.50. The molecule has 1 aliphatic rings. The highest BCUT2D eigenvalue weighted by Gasteiger charge is 2.40. The Morgan fingerprint density at radius 1 is 1.12 bits per heavy atom. The second-order valence-electron chi connectivity index (χ2n) is 7.09. The third-order valence-electron chi connectivity index (χ3n) is 3.96. The van der Waals surface area contributed by atoms with E-state index in [2.05, 4.69) is 0 Å². The molecule has 0 unspecified atom stereocenters. The standard InChI is InChI=1S/C17H20F5NO2/c1-16(2,3)25-15(24)23-6-4-10(5-7-23)12-8-11(18)9-13(19)14(12)17(20,21)22/h8-10H,4-7H2,1-3H3. The van der Waals surface area contributed by atoms with E-state index in [1.54, 1.807) is 20.8 Å². The summed E-state index contributed by atoms with van der Waals surface area (Å²) in [6, 6.07) is 0.974. The SMILES string of the molecule is CC(C)(C)OC(=O)N1CCC(c2cc(F)cc(F)c2C(F)(F)F)CC1. The minimum absolute atomic E-state index is 0.162. The Kier molecular flexibility index (Phi) is 5.30. The molecule has 0 N–H and O–H groups in total. The van der Waals surface area contributed by atoms with E-state index >= 15 is 0 Å². The summed E-state index contributed by atoms with van der Waals surface area (Å²) < 4.78 is 71.8. The van der Waals surface area contributed by atoms with Gasteiger partial charge in [0.1, 0.15) is 17.2 Å². The van der Waals surface area contributed by atoms with Crippen LogP contribution in [0.4, 0.5) is 26.7 Å². The maximum atomic E-state index is 13.7. The van der Waals surface area contributed by atoms with E-state index in [0.29, 0.717) is 0 Å². The second kappa shape index (κ2) is 6.80. The van der Waals surface area contributed by atoms with Gasteiger partial charge in [0.25, 0.3) is 0 Å². The first-order valence-corrected chi connectivity index (χ1v) is 7.92. The van der Waals surface area contributed by atoms with Crippen molar-refractivity contribution < 1.29 is 31.5 Å². The van der Waals surface area contributed by atoms with E-state index in [4.69, 9.17) is 4.74 Å². The zero-order valence-electron chi connectivity index (χ0n) is 14.2. The zero-order valence-corrected chi connectivity index (χ0v) is 14.2. The average molecular weight is 365 g/mol. The van der Waals surface area contributed by atoms with Gasteiger partial charge in [0.15, 0.2) is 0 Å². The van der Waals surface area contributed by atoms with Crippen LogP contribution in [-0.4, -0.2) is 29.7 Å². The minimum atomic E-state index is -4.91. The highest BCUT2D eigenvalue weighted by molar-refractivity contribution is 5.68. The summed E-state index contributed by atoms with van der Waals surface area (Å²) in [5.74, 6) is -3.34. The molecule has 1 aromatic carbocycles. The Morgan fingerprint density at radius 3 is 2.16 bits per heavy atom. The molecule has 1 amide bonds. The molecular formula is C17H20F5NO2. The van der Waals surface area contributed by atoms with Crippen molar-refractivity contribution in [1.82, 2.24) is 4.90 Å². The molecule has 140 valence electrons. The Bertz CT molecular complexity index is 644. The van der Waals surface area contributed by atoms with E-state index in [9.17, 15) is 26.7 Å². The Morgan fingerprint density at radius 2 is 1.68 bits per heavy atom. The number of halogens is 5. The fourth-order valence-corrected chi connectivity index (χ4v) is 2.91. The predicted molar refractivity (Wildman–Crippen MR) is 81.1 cm³/mol. The first-order valence-electron chi connectivity index (χ1n) is 7.92. The van der Waals surface area contributed by atoms with Gasteiger partial charge in [0, 0.05) is 19.2 Å². The third-order valence-corrected chi connectivity index (χ3v) is 3.96. The lowest BCUT2D eigenvalue weighted by Gasteiger charge is -2.34. The number of nitrogens with zero attached hydrogens (tertiary/aromatic N) is 1. The Labute approximate surface area is 142 Å². The number of carbonyl (C=O) groups is 1. The first-order chi connectivity index (χ1) is 11.4. The summed E-state index contributed by atoms with van der Waals surface area (Å²) in [7, 11) is 0. The third kappa shape index (κ3) is 4.83. The molecule has 8 heteroatoms. The molecule has 1 heterocycles. The van der Waals surface area contributed by atoms with Gasteiger partial charge >= 0.3 is 12.3 Å². The van der Waals surface area contributed by atoms with Gasteiger partial charge in [0.2, 0.25) is 0 Å². The van der Waals surface area contributed by atoms with Gasteiger partial charge < -0.3 is 9.64 Å². The van der Waals surface area contributed by atoms with E-state index in [1.165, 1.54) is 4.90 Å². The quantitative estimate of drug-likeness (QED) is 0.648. The van der Waals surface area contributed by atoms with Crippen LogP contribution in [0.5, 0.6) is 0 Å². The molecule has 3 nitrogen and oxygen atoms in total. The summed E-state index contributed by atoms with van der Waals surface area (Å²) in [4.78, 5) is 13.4. The molecule has 1 saturated heterocycles. The highest BCUT2D eigenvalue weighted by atomic mass is 19.4. The molecule has 0 radical (unpaired) electrons. The smallest absolute Gasteiger partial charge is 0.419 e. The Balaban J connectivity index is 2.17. The van der Waals surface area contributed by atoms with E-state index in [1.807, 2.05) is 0 Å². The molecule has 0 atom stereocenters. The van der Waals surface area contributed by atoms with E-state index in [0.717, 1.165) is 6.07 Å². The topological polar surface area (TPSA) is 29.5 Å². The number of hydrogen-bond donors (Lipinski definition) is 0. The van der Waals surface area contributed by atoms with Crippen molar-refractivity contribution in [2.45, 2.75) is 51.3 Å². The number of likely N-dealkylation sites (tertiary alicyclic amines) is 1. The lowest BCUT2D eigenvalue weighted by atomic mass is 9.86. The van der Waals surface area contributed by atoms with Gasteiger partial charge in [-0.3, -0.25) is 0 Å². The van der Waals surface area contributed by atoms with Crippen molar-refractivity contribution in [1.29, 1.82) is 0 Å². The lowest BCUT2D eigenvalue weighted by molar-refractivity contribution is -0.141. The van der Waals surface area contributed by atoms with Crippen LogP contribution in [0.3, 0.4) is 0 Å². The van der Waals surface area contributed by atoms with Crippen LogP contribution in [0.2, 0.25) is 0 Å². The summed E-state index contributed by atoms with van der Waals surface area (Å²) in [5, 5.41) is 0. The van der Waals surface area contributed by atoms with E-state index in [-0.39, 0.29) is 32.0 Å². The molecule has 0 spiro atoms. The molecule has 0 bridgehead atoms. The molecule has 1 fully saturated rings. The summed E-state index contributed by atoms with van der Waals surface area (Å²) in [6.45, 7) is 5.46. The zero-order chi connectivity index (χ0) is 19.0. The van der Waals surface area contributed by atoms with E-state index < -0.39 is 46.5 Å². The van der Waals surface area contributed by atoms with Gasteiger partial charge in [0.05, 0.1) is 5.56 Å². The maximum Gasteiger partial charge on any atom is 0.419 e.